The molecule has 114 valence electrons. The normalized spacial score (nSPS) is 21.9. The lowest BCUT2D eigenvalue weighted by molar-refractivity contribution is 0.0937. The van der Waals surface area contributed by atoms with Crippen molar-refractivity contribution in [1.29, 1.82) is 0 Å². The summed E-state index contributed by atoms with van der Waals surface area (Å²) in [7, 11) is 0. The predicted molar refractivity (Wildman–Crippen MR) is 79.6 cm³/mol. The first-order valence-electron chi connectivity index (χ1n) is 7.68. The van der Waals surface area contributed by atoms with Gasteiger partial charge in [-0.2, -0.15) is 0 Å². The number of nitrogens with one attached hydrogen (secondary N) is 1. The van der Waals surface area contributed by atoms with E-state index >= 15 is 0 Å². The molecule has 1 amide bonds. The van der Waals surface area contributed by atoms with E-state index in [0.717, 1.165) is 31.2 Å². The van der Waals surface area contributed by atoms with E-state index in [-0.39, 0.29) is 11.9 Å². The number of tetrazole rings is 1. The van der Waals surface area contributed by atoms with Crippen molar-refractivity contribution in [1.82, 2.24) is 30.4 Å². The van der Waals surface area contributed by atoms with Gasteiger partial charge in [0, 0.05) is 30.7 Å². The Morgan fingerprint density at radius 1 is 1.18 bits per heavy atom. The van der Waals surface area contributed by atoms with Crippen molar-refractivity contribution in [3.8, 4) is 5.69 Å². The van der Waals surface area contributed by atoms with Crippen LogP contribution in [0.4, 0.5) is 0 Å². The SMILES string of the molecule is O=C(N[C@H]1CCN(C2CC2)C1)c1ccc(-n2cnnn2)cc1. The van der Waals surface area contributed by atoms with Crippen LogP contribution in [0.3, 0.4) is 0 Å². The van der Waals surface area contributed by atoms with Gasteiger partial charge in [0.15, 0.2) is 0 Å². The fourth-order valence-electron chi connectivity index (χ4n) is 2.99. The van der Waals surface area contributed by atoms with Gasteiger partial charge >= 0.3 is 0 Å². The van der Waals surface area contributed by atoms with Crippen molar-refractivity contribution in [3.05, 3.63) is 36.2 Å². The van der Waals surface area contributed by atoms with Gasteiger partial charge in [-0.3, -0.25) is 9.69 Å². The highest BCUT2D eigenvalue weighted by Gasteiger charge is 2.34. The summed E-state index contributed by atoms with van der Waals surface area (Å²) in [6.45, 7) is 2.09. The number of carbonyl (C=O) groups excluding carboxylic acids is 1. The highest BCUT2D eigenvalue weighted by molar-refractivity contribution is 5.94. The van der Waals surface area contributed by atoms with E-state index in [4.69, 9.17) is 0 Å². The molecular weight excluding hydrogens is 280 g/mol. The highest BCUT2D eigenvalue weighted by Crippen LogP contribution is 2.29. The van der Waals surface area contributed by atoms with Crippen LogP contribution in [-0.2, 0) is 0 Å². The number of benzene rings is 1. The Hall–Kier alpha value is -2.28. The molecule has 1 N–H and O–H groups in total. The van der Waals surface area contributed by atoms with Gasteiger partial charge in [-0.05, 0) is 54.0 Å². The summed E-state index contributed by atoms with van der Waals surface area (Å²) in [5.41, 5.74) is 1.50. The van der Waals surface area contributed by atoms with Crippen LogP contribution in [0, 0.1) is 0 Å². The molecule has 4 rings (SSSR count). The molecule has 2 heterocycles. The Balaban J connectivity index is 1.38. The molecule has 0 bridgehead atoms. The van der Waals surface area contributed by atoms with Crippen molar-refractivity contribution in [2.45, 2.75) is 31.3 Å². The van der Waals surface area contributed by atoms with E-state index < -0.39 is 0 Å². The average molecular weight is 298 g/mol. The summed E-state index contributed by atoms with van der Waals surface area (Å²) in [5, 5.41) is 14.2. The van der Waals surface area contributed by atoms with Gasteiger partial charge in [0.1, 0.15) is 6.33 Å². The topological polar surface area (TPSA) is 75.9 Å². The van der Waals surface area contributed by atoms with E-state index in [9.17, 15) is 4.79 Å². The Morgan fingerprint density at radius 2 is 2.00 bits per heavy atom. The molecule has 2 fully saturated rings. The Kier molecular flexibility index (Phi) is 3.34. The molecule has 0 spiro atoms. The number of nitrogens with zero attached hydrogens (tertiary/aromatic N) is 5. The van der Waals surface area contributed by atoms with Gasteiger partial charge in [0.05, 0.1) is 5.69 Å². The molecule has 2 aliphatic rings. The van der Waals surface area contributed by atoms with Gasteiger partial charge in [-0.15, -0.1) is 5.10 Å². The molecule has 1 saturated carbocycles. The zero-order valence-corrected chi connectivity index (χ0v) is 12.2. The summed E-state index contributed by atoms with van der Waals surface area (Å²) in [5.74, 6) is -0.00841. The smallest absolute Gasteiger partial charge is 0.251 e. The highest BCUT2D eigenvalue weighted by atomic mass is 16.1. The number of hydrogen-bond donors (Lipinski definition) is 1. The average Bonchev–Trinajstić information content (AvgIpc) is 3.06. The number of hydrogen-bond acceptors (Lipinski definition) is 5. The molecule has 1 aliphatic heterocycles. The lowest BCUT2D eigenvalue weighted by Crippen LogP contribution is -2.37. The molecule has 1 atom stereocenters. The molecule has 1 aromatic heterocycles. The van der Waals surface area contributed by atoms with Crippen molar-refractivity contribution in [3.63, 3.8) is 0 Å². The minimum atomic E-state index is -0.00841. The van der Waals surface area contributed by atoms with Gasteiger partial charge in [-0.25, -0.2) is 4.68 Å². The fourth-order valence-corrected chi connectivity index (χ4v) is 2.99. The summed E-state index contributed by atoms with van der Waals surface area (Å²) in [4.78, 5) is 14.8. The van der Waals surface area contributed by atoms with Gasteiger partial charge in [0.2, 0.25) is 0 Å². The number of carbonyl (C=O) groups is 1. The summed E-state index contributed by atoms with van der Waals surface area (Å²) in [6, 6.07) is 8.34. The van der Waals surface area contributed by atoms with Crippen molar-refractivity contribution in [2.24, 2.45) is 0 Å². The summed E-state index contributed by atoms with van der Waals surface area (Å²) >= 11 is 0. The molecule has 7 nitrogen and oxygen atoms in total. The quantitative estimate of drug-likeness (QED) is 0.896. The third-order valence-corrected chi connectivity index (χ3v) is 4.36. The first-order chi connectivity index (χ1) is 10.8. The Labute approximate surface area is 128 Å². The minimum Gasteiger partial charge on any atom is -0.348 e. The summed E-state index contributed by atoms with van der Waals surface area (Å²) < 4.78 is 1.56. The molecule has 1 aromatic carbocycles. The molecular formula is C15H18N6O. The maximum atomic E-state index is 12.3. The summed E-state index contributed by atoms with van der Waals surface area (Å²) in [6.07, 6.45) is 5.21. The van der Waals surface area contributed by atoms with Crippen LogP contribution in [0.2, 0.25) is 0 Å². The zero-order chi connectivity index (χ0) is 14.9. The van der Waals surface area contributed by atoms with Crippen molar-refractivity contribution >= 4 is 5.91 Å². The van der Waals surface area contributed by atoms with Crippen LogP contribution in [0.1, 0.15) is 29.6 Å². The van der Waals surface area contributed by atoms with E-state index in [0.29, 0.717) is 5.56 Å². The molecule has 0 unspecified atom stereocenters. The Bertz CT molecular complexity index is 649. The predicted octanol–water partition coefficient (Wildman–Crippen LogP) is 0.629. The van der Waals surface area contributed by atoms with Crippen LogP contribution in [0.15, 0.2) is 30.6 Å². The lowest BCUT2D eigenvalue weighted by atomic mass is 10.1. The van der Waals surface area contributed by atoms with Gasteiger partial charge in [-0.1, -0.05) is 0 Å². The van der Waals surface area contributed by atoms with Crippen molar-refractivity contribution in [2.75, 3.05) is 13.1 Å². The van der Waals surface area contributed by atoms with Gasteiger partial charge < -0.3 is 5.32 Å². The monoisotopic (exact) mass is 298 g/mol. The Morgan fingerprint density at radius 3 is 2.68 bits per heavy atom. The zero-order valence-electron chi connectivity index (χ0n) is 12.2. The molecule has 22 heavy (non-hydrogen) atoms. The fraction of sp³-hybridized carbons (Fsp3) is 0.467. The van der Waals surface area contributed by atoms with E-state index in [1.54, 1.807) is 16.8 Å². The number of likely N-dealkylation sites (tertiary alicyclic amines) is 1. The maximum Gasteiger partial charge on any atom is 0.251 e. The molecule has 2 aromatic rings. The molecule has 7 heteroatoms. The van der Waals surface area contributed by atoms with Crippen LogP contribution in [-0.4, -0.2) is 56.2 Å². The molecule has 0 radical (unpaired) electrons. The number of aromatic nitrogens is 4. The van der Waals surface area contributed by atoms with Crippen LogP contribution < -0.4 is 5.32 Å². The molecule has 1 aliphatic carbocycles. The van der Waals surface area contributed by atoms with Crippen LogP contribution in [0.5, 0.6) is 0 Å². The van der Waals surface area contributed by atoms with Gasteiger partial charge in [0.25, 0.3) is 5.91 Å². The second-order valence-corrected chi connectivity index (χ2v) is 5.99. The third kappa shape index (κ3) is 2.71. The second kappa shape index (κ2) is 5.49. The molecule has 1 saturated heterocycles. The standard InChI is InChI=1S/C15H18N6O/c22-15(17-12-7-8-20(9-12)13-5-6-13)11-1-3-14(4-2-11)21-10-16-18-19-21/h1-4,10,12-13H,5-9H2,(H,17,22)/t12-/m0/s1. The minimum absolute atomic E-state index is 0.00841. The number of amides is 1. The first kappa shape index (κ1) is 13.4. The van der Waals surface area contributed by atoms with Crippen molar-refractivity contribution < 1.29 is 4.79 Å². The third-order valence-electron chi connectivity index (χ3n) is 4.36. The first-order valence-corrected chi connectivity index (χ1v) is 7.68. The second-order valence-electron chi connectivity index (χ2n) is 5.99. The lowest BCUT2D eigenvalue weighted by Gasteiger charge is -2.15. The van der Waals surface area contributed by atoms with E-state index in [1.165, 1.54) is 19.2 Å². The van der Waals surface area contributed by atoms with E-state index in [2.05, 4.69) is 25.7 Å². The largest absolute Gasteiger partial charge is 0.348 e. The number of rotatable bonds is 4. The van der Waals surface area contributed by atoms with Crippen LogP contribution in [0.25, 0.3) is 5.69 Å². The maximum absolute atomic E-state index is 12.3. The van der Waals surface area contributed by atoms with E-state index in [1.807, 2.05) is 12.1 Å². The van der Waals surface area contributed by atoms with Crippen LogP contribution >= 0.6 is 0 Å².